The van der Waals surface area contributed by atoms with Gasteiger partial charge in [0.25, 0.3) is 0 Å². The van der Waals surface area contributed by atoms with Gasteiger partial charge in [0.15, 0.2) is 0 Å². The van der Waals surface area contributed by atoms with Crippen molar-refractivity contribution < 1.29 is 0 Å². The van der Waals surface area contributed by atoms with Crippen LogP contribution in [-0.2, 0) is 0 Å². The van der Waals surface area contributed by atoms with Gasteiger partial charge in [-0.25, -0.2) is 0 Å². The van der Waals surface area contributed by atoms with Crippen LogP contribution in [-0.4, -0.2) is 61.2 Å². The van der Waals surface area contributed by atoms with Crippen LogP contribution in [0.15, 0.2) is 0 Å². The fourth-order valence-corrected chi connectivity index (χ4v) is 2.95. The molecular weight excluding hydrogens is 222 g/mol. The van der Waals surface area contributed by atoms with Crippen molar-refractivity contribution in [2.24, 2.45) is 0 Å². The Morgan fingerprint density at radius 3 is 2.39 bits per heavy atom. The van der Waals surface area contributed by atoms with Gasteiger partial charge in [-0.05, 0) is 67.1 Å². The van der Waals surface area contributed by atoms with Crippen molar-refractivity contribution in [2.75, 3.05) is 33.2 Å². The van der Waals surface area contributed by atoms with Crippen molar-refractivity contribution in [1.82, 2.24) is 15.1 Å². The molecule has 0 bridgehead atoms. The predicted molar refractivity (Wildman–Crippen MR) is 80.1 cm³/mol. The smallest absolute Gasteiger partial charge is 0.0112 e. The van der Waals surface area contributed by atoms with Crippen LogP contribution in [0.25, 0.3) is 0 Å². The standard InChI is InChI=1S/C15H33N3/c1-13(2)18(14(3)4)12-9-16-15-7-6-10-17(5)11-8-15/h13-16H,6-12H2,1-5H3. The Morgan fingerprint density at radius 1 is 1.11 bits per heavy atom. The van der Waals surface area contributed by atoms with Crippen molar-refractivity contribution in [3.05, 3.63) is 0 Å². The second-order valence-electron chi connectivity index (χ2n) is 6.31. The van der Waals surface area contributed by atoms with E-state index in [9.17, 15) is 0 Å². The maximum absolute atomic E-state index is 3.75. The molecule has 1 saturated heterocycles. The molecule has 1 aliphatic heterocycles. The van der Waals surface area contributed by atoms with E-state index in [4.69, 9.17) is 0 Å². The fourth-order valence-electron chi connectivity index (χ4n) is 2.95. The van der Waals surface area contributed by atoms with E-state index in [0.29, 0.717) is 12.1 Å². The van der Waals surface area contributed by atoms with Crippen molar-refractivity contribution in [1.29, 1.82) is 0 Å². The Bertz CT molecular complexity index is 208. The second-order valence-corrected chi connectivity index (χ2v) is 6.31. The summed E-state index contributed by atoms with van der Waals surface area (Å²) in [6.45, 7) is 14.0. The van der Waals surface area contributed by atoms with Gasteiger partial charge in [-0.2, -0.15) is 0 Å². The summed E-state index contributed by atoms with van der Waals surface area (Å²) in [4.78, 5) is 5.02. The van der Waals surface area contributed by atoms with Crippen LogP contribution in [0.5, 0.6) is 0 Å². The molecule has 0 saturated carbocycles. The average Bonchev–Trinajstić information content (AvgIpc) is 2.48. The second kappa shape index (κ2) is 8.13. The Balaban J connectivity index is 2.23. The number of likely N-dealkylation sites (tertiary alicyclic amines) is 1. The lowest BCUT2D eigenvalue weighted by Crippen LogP contribution is -2.43. The summed E-state index contributed by atoms with van der Waals surface area (Å²) in [5.41, 5.74) is 0. The van der Waals surface area contributed by atoms with Crippen molar-refractivity contribution in [3.8, 4) is 0 Å². The third-order valence-electron chi connectivity index (χ3n) is 4.08. The normalized spacial score (nSPS) is 23.0. The Kier molecular flexibility index (Phi) is 7.20. The molecule has 0 amide bonds. The quantitative estimate of drug-likeness (QED) is 0.785. The van der Waals surface area contributed by atoms with Gasteiger partial charge in [0.2, 0.25) is 0 Å². The van der Waals surface area contributed by atoms with Crippen LogP contribution in [0.3, 0.4) is 0 Å². The van der Waals surface area contributed by atoms with Gasteiger partial charge in [-0.15, -0.1) is 0 Å². The molecule has 0 spiro atoms. The van der Waals surface area contributed by atoms with Crippen molar-refractivity contribution in [3.63, 3.8) is 0 Å². The van der Waals surface area contributed by atoms with E-state index in [-0.39, 0.29) is 0 Å². The van der Waals surface area contributed by atoms with Crippen LogP contribution < -0.4 is 5.32 Å². The molecule has 0 radical (unpaired) electrons. The minimum absolute atomic E-state index is 0.645. The van der Waals surface area contributed by atoms with Crippen LogP contribution in [0.1, 0.15) is 47.0 Å². The summed E-state index contributed by atoms with van der Waals surface area (Å²) in [5, 5.41) is 3.75. The first-order chi connectivity index (χ1) is 8.50. The van der Waals surface area contributed by atoms with Gasteiger partial charge >= 0.3 is 0 Å². The Hall–Kier alpha value is -0.120. The molecule has 0 aromatic heterocycles. The number of nitrogens with one attached hydrogen (secondary N) is 1. The SMILES string of the molecule is CC(C)N(CCNC1CCCN(C)CC1)C(C)C. The summed E-state index contributed by atoms with van der Waals surface area (Å²) < 4.78 is 0. The molecule has 1 unspecified atom stereocenters. The largest absolute Gasteiger partial charge is 0.313 e. The molecule has 0 aliphatic carbocycles. The lowest BCUT2D eigenvalue weighted by molar-refractivity contribution is 0.173. The highest BCUT2D eigenvalue weighted by atomic mass is 15.2. The summed E-state index contributed by atoms with van der Waals surface area (Å²) >= 11 is 0. The van der Waals surface area contributed by atoms with Gasteiger partial charge < -0.3 is 10.2 Å². The first-order valence-corrected chi connectivity index (χ1v) is 7.68. The predicted octanol–water partition coefficient (Wildman–Crippen LogP) is 2.18. The van der Waals surface area contributed by atoms with Crippen LogP contribution >= 0.6 is 0 Å². The molecule has 3 heteroatoms. The van der Waals surface area contributed by atoms with Crippen LogP contribution in [0, 0.1) is 0 Å². The minimum atomic E-state index is 0.645. The molecule has 108 valence electrons. The van der Waals surface area contributed by atoms with Crippen LogP contribution in [0.2, 0.25) is 0 Å². The average molecular weight is 255 g/mol. The summed E-state index contributed by atoms with van der Waals surface area (Å²) in [6, 6.07) is 2.02. The molecule has 1 atom stereocenters. The van der Waals surface area contributed by atoms with E-state index in [1.54, 1.807) is 0 Å². The lowest BCUT2D eigenvalue weighted by atomic mass is 10.1. The molecule has 0 aromatic rings. The van der Waals surface area contributed by atoms with E-state index in [2.05, 4.69) is 49.9 Å². The van der Waals surface area contributed by atoms with Gasteiger partial charge in [0.05, 0.1) is 0 Å². The highest BCUT2D eigenvalue weighted by Crippen LogP contribution is 2.09. The number of rotatable bonds is 6. The minimum Gasteiger partial charge on any atom is -0.313 e. The zero-order valence-electron chi connectivity index (χ0n) is 13.1. The highest BCUT2D eigenvalue weighted by molar-refractivity contribution is 4.75. The fraction of sp³-hybridized carbons (Fsp3) is 1.00. The first-order valence-electron chi connectivity index (χ1n) is 7.68. The van der Waals surface area contributed by atoms with E-state index in [1.807, 2.05) is 0 Å². The molecule has 0 aromatic carbocycles. The molecule has 3 nitrogen and oxygen atoms in total. The van der Waals surface area contributed by atoms with E-state index in [0.717, 1.165) is 12.6 Å². The maximum atomic E-state index is 3.75. The van der Waals surface area contributed by atoms with Gasteiger partial charge in [-0.1, -0.05) is 0 Å². The molecule has 1 aliphatic rings. The summed E-state index contributed by atoms with van der Waals surface area (Å²) in [6.07, 6.45) is 3.99. The third-order valence-corrected chi connectivity index (χ3v) is 4.08. The van der Waals surface area contributed by atoms with Crippen LogP contribution in [0.4, 0.5) is 0 Å². The van der Waals surface area contributed by atoms with E-state index < -0.39 is 0 Å². The first kappa shape index (κ1) is 15.9. The third kappa shape index (κ3) is 5.68. The zero-order chi connectivity index (χ0) is 13.5. The Morgan fingerprint density at radius 2 is 1.78 bits per heavy atom. The van der Waals surface area contributed by atoms with E-state index in [1.165, 1.54) is 38.9 Å². The van der Waals surface area contributed by atoms with Crippen molar-refractivity contribution in [2.45, 2.75) is 65.1 Å². The van der Waals surface area contributed by atoms with Gasteiger partial charge in [0, 0.05) is 31.2 Å². The number of hydrogen-bond acceptors (Lipinski definition) is 3. The summed E-state index contributed by atoms with van der Waals surface area (Å²) in [5.74, 6) is 0. The highest BCUT2D eigenvalue weighted by Gasteiger charge is 2.16. The Labute approximate surface area is 114 Å². The number of nitrogens with zero attached hydrogens (tertiary/aromatic N) is 2. The topological polar surface area (TPSA) is 18.5 Å². The molecule has 1 N–H and O–H groups in total. The molecule has 1 rings (SSSR count). The molecule has 1 fully saturated rings. The summed E-state index contributed by atoms with van der Waals surface area (Å²) in [7, 11) is 2.24. The number of hydrogen-bond donors (Lipinski definition) is 1. The van der Waals surface area contributed by atoms with E-state index >= 15 is 0 Å². The maximum Gasteiger partial charge on any atom is 0.0112 e. The van der Waals surface area contributed by atoms with Gasteiger partial charge in [0.1, 0.15) is 0 Å². The monoisotopic (exact) mass is 255 g/mol. The molecule has 1 heterocycles. The zero-order valence-corrected chi connectivity index (χ0v) is 13.1. The lowest BCUT2D eigenvalue weighted by Gasteiger charge is -2.31. The molecule has 18 heavy (non-hydrogen) atoms. The molecular formula is C15H33N3. The van der Waals surface area contributed by atoms with Crippen molar-refractivity contribution >= 4 is 0 Å². The van der Waals surface area contributed by atoms with Gasteiger partial charge in [-0.3, -0.25) is 4.90 Å².